The fourth-order valence-corrected chi connectivity index (χ4v) is 2.07. The Labute approximate surface area is 124 Å². The molecule has 0 bridgehead atoms. The number of pyridine rings is 1. The van der Waals surface area contributed by atoms with Crippen LogP contribution in [0.1, 0.15) is 66.6 Å². The van der Waals surface area contributed by atoms with Crippen LogP contribution in [0.2, 0.25) is 0 Å². The van der Waals surface area contributed by atoms with E-state index in [0.717, 1.165) is 11.2 Å². The molecule has 0 amide bonds. The summed E-state index contributed by atoms with van der Waals surface area (Å²) in [5.41, 5.74) is 3.66. The first kappa shape index (κ1) is 16.5. The molecule has 0 aliphatic heterocycles. The summed E-state index contributed by atoms with van der Waals surface area (Å²) in [6.07, 6.45) is 0. The molecule has 20 heavy (non-hydrogen) atoms. The highest BCUT2D eigenvalue weighted by Gasteiger charge is 2.22. The second-order valence-electron chi connectivity index (χ2n) is 6.93. The topological polar surface area (TPSA) is 12.9 Å². The Kier molecular flexibility index (Phi) is 4.81. The lowest BCUT2D eigenvalue weighted by Gasteiger charge is -2.25. The Hall–Kier alpha value is -1.55. The van der Waals surface area contributed by atoms with Crippen molar-refractivity contribution in [1.82, 2.24) is 4.98 Å². The summed E-state index contributed by atoms with van der Waals surface area (Å²) in [7, 11) is 0. The summed E-state index contributed by atoms with van der Waals surface area (Å²) in [6, 6.07) is 12.2. The van der Waals surface area contributed by atoms with Crippen LogP contribution in [0, 0.1) is 12.1 Å². The van der Waals surface area contributed by atoms with Crippen LogP contribution in [-0.4, -0.2) is 4.98 Å². The third kappa shape index (κ3) is 3.51. The van der Waals surface area contributed by atoms with Crippen molar-refractivity contribution in [2.75, 3.05) is 0 Å². The molecule has 0 spiro atoms. The van der Waals surface area contributed by atoms with Crippen LogP contribution < -0.4 is 0 Å². The molecule has 0 unspecified atom stereocenters. The Balaban J connectivity index is 0.000000956. The minimum atomic E-state index is 0.0632. The van der Waals surface area contributed by atoms with E-state index in [1.54, 1.807) is 0 Å². The van der Waals surface area contributed by atoms with E-state index in [2.05, 4.69) is 59.7 Å². The fraction of sp³-hybridized carbons (Fsp3) is 0.526. The summed E-state index contributed by atoms with van der Waals surface area (Å²) >= 11 is 0. The highest BCUT2D eigenvalue weighted by atomic mass is 14.7. The molecule has 1 nitrogen and oxygen atoms in total. The van der Waals surface area contributed by atoms with Crippen LogP contribution >= 0.6 is 0 Å². The van der Waals surface area contributed by atoms with Crippen LogP contribution in [-0.2, 0) is 10.8 Å². The zero-order valence-electron chi connectivity index (χ0n) is 14.2. The van der Waals surface area contributed by atoms with E-state index >= 15 is 0 Å². The van der Waals surface area contributed by atoms with E-state index in [1.807, 2.05) is 26.0 Å². The zero-order valence-corrected chi connectivity index (χ0v) is 14.2. The van der Waals surface area contributed by atoms with E-state index in [9.17, 15) is 0 Å². The van der Waals surface area contributed by atoms with Crippen LogP contribution in [0.4, 0.5) is 0 Å². The van der Waals surface area contributed by atoms with Gasteiger partial charge in [0.15, 0.2) is 0 Å². The number of hydrogen-bond donors (Lipinski definition) is 0. The molecule has 0 atom stereocenters. The fourth-order valence-electron chi connectivity index (χ4n) is 2.07. The maximum absolute atomic E-state index is 4.77. The molecule has 0 aliphatic rings. The zero-order chi connectivity index (χ0) is 15.6. The van der Waals surface area contributed by atoms with Crippen molar-refractivity contribution in [1.29, 1.82) is 0 Å². The minimum absolute atomic E-state index is 0.0632. The molecule has 0 radical (unpaired) electrons. The summed E-state index contributed by atoms with van der Waals surface area (Å²) in [4.78, 5) is 4.77. The predicted octanol–water partition coefficient (Wildman–Crippen LogP) is 5.46. The molecule has 1 heteroatoms. The van der Waals surface area contributed by atoms with Crippen molar-refractivity contribution >= 4 is 10.9 Å². The van der Waals surface area contributed by atoms with Crippen molar-refractivity contribution in [2.45, 2.75) is 66.2 Å². The van der Waals surface area contributed by atoms with E-state index in [-0.39, 0.29) is 10.8 Å². The number of nitrogens with zero attached hydrogens (tertiary/aromatic N) is 1. The van der Waals surface area contributed by atoms with Gasteiger partial charge in [0.25, 0.3) is 0 Å². The average Bonchev–Trinajstić information content (AvgIpc) is 2.37. The summed E-state index contributed by atoms with van der Waals surface area (Å²) in [5.74, 6) is 0. The quantitative estimate of drug-likeness (QED) is 0.619. The monoisotopic (exact) mass is 269 g/mol. The van der Waals surface area contributed by atoms with Crippen molar-refractivity contribution in [2.24, 2.45) is 0 Å². The Morgan fingerprint density at radius 2 is 1.40 bits per heavy atom. The summed E-state index contributed by atoms with van der Waals surface area (Å²) in [6.45, 7) is 17.3. The SMILES string of the molecule is CC.CC(C)(C)c1cc(C(C)(C)C)c2cc#ccc2n1. The van der Waals surface area contributed by atoms with Gasteiger partial charge in [0.2, 0.25) is 0 Å². The van der Waals surface area contributed by atoms with Gasteiger partial charge < -0.3 is 0 Å². The smallest absolute Gasteiger partial charge is 0.0798 e. The van der Waals surface area contributed by atoms with Gasteiger partial charge in [-0.1, -0.05) is 67.5 Å². The number of aromatic nitrogens is 1. The first-order valence-electron chi connectivity index (χ1n) is 7.43. The lowest BCUT2D eigenvalue weighted by atomic mass is 9.81. The number of fused-ring (bicyclic) bond motifs is 1. The average molecular weight is 269 g/mol. The normalized spacial score (nSPS) is 11.6. The standard InChI is InChI=1S/C17H21N.C2H6/c1-16(2,3)13-11-15(17(4,5)6)18-14-10-8-7-9-12(13)14;1-2/h9-11H,1-6H3;1-2H3. The van der Waals surface area contributed by atoms with E-state index < -0.39 is 0 Å². The molecule has 1 heterocycles. The molecular weight excluding hydrogens is 242 g/mol. The molecule has 0 aliphatic carbocycles. The van der Waals surface area contributed by atoms with Gasteiger partial charge in [-0.15, -0.1) is 0 Å². The van der Waals surface area contributed by atoms with Crippen LogP contribution in [0.3, 0.4) is 0 Å². The van der Waals surface area contributed by atoms with Crippen LogP contribution in [0.5, 0.6) is 0 Å². The van der Waals surface area contributed by atoms with Crippen molar-refractivity contribution in [3.63, 3.8) is 0 Å². The maximum Gasteiger partial charge on any atom is 0.0798 e. The van der Waals surface area contributed by atoms with Gasteiger partial charge in [-0.05, 0) is 23.1 Å². The predicted molar refractivity (Wildman–Crippen MR) is 88.2 cm³/mol. The molecule has 0 saturated carbocycles. The van der Waals surface area contributed by atoms with Gasteiger partial charge in [0.1, 0.15) is 0 Å². The molecule has 1 aromatic carbocycles. The molecule has 1 aromatic heterocycles. The van der Waals surface area contributed by atoms with Crippen LogP contribution in [0.15, 0.2) is 18.2 Å². The van der Waals surface area contributed by atoms with Crippen molar-refractivity contribution in [3.05, 3.63) is 41.6 Å². The van der Waals surface area contributed by atoms with E-state index in [1.165, 1.54) is 10.9 Å². The second-order valence-corrected chi connectivity index (χ2v) is 6.93. The minimum Gasteiger partial charge on any atom is -0.252 e. The van der Waals surface area contributed by atoms with Gasteiger partial charge in [0.05, 0.1) is 5.52 Å². The maximum atomic E-state index is 4.77. The number of rotatable bonds is 0. The molecule has 0 N–H and O–H groups in total. The van der Waals surface area contributed by atoms with Gasteiger partial charge >= 0.3 is 0 Å². The lowest BCUT2D eigenvalue weighted by molar-refractivity contribution is 0.558. The largest absolute Gasteiger partial charge is 0.252 e. The van der Waals surface area contributed by atoms with E-state index in [4.69, 9.17) is 4.98 Å². The van der Waals surface area contributed by atoms with E-state index in [0.29, 0.717) is 0 Å². The van der Waals surface area contributed by atoms with Gasteiger partial charge in [-0.3, -0.25) is 4.98 Å². The summed E-state index contributed by atoms with van der Waals surface area (Å²) < 4.78 is 0. The van der Waals surface area contributed by atoms with Gasteiger partial charge in [-0.25, -0.2) is 0 Å². The molecule has 0 saturated heterocycles. The van der Waals surface area contributed by atoms with Crippen molar-refractivity contribution < 1.29 is 0 Å². The third-order valence-electron chi connectivity index (χ3n) is 3.17. The lowest BCUT2D eigenvalue weighted by Crippen LogP contribution is -2.18. The highest BCUT2D eigenvalue weighted by Crippen LogP contribution is 2.32. The second kappa shape index (κ2) is 5.83. The number of hydrogen-bond acceptors (Lipinski definition) is 1. The van der Waals surface area contributed by atoms with Crippen LogP contribution in [0.25, 0.3) is 10.9 Å². The molecule has 2 rings (SSSR count). The molecule has 2 aromatic rings. The Bertz CT molecular complexity index is 568. The Morgan fingerprint density at radius 1 is 0.850 bits per heavy atom. The first-order valence-corrected chi connectivity index (χ1v) is 7.43. The van der Waals surface area contributed by atoms with Crippen molar-refractivity contribution in [3.8, 4) is 0 Å². The molecular formula is C19H27N. The highest BCUT2D eigenvalue weighted by molar-refractivity contribution is 5.82. The Morgan fingerprint density at radius 3 is 1.90 bits per heavy atom. The third-order valence-corrected chi connectivity index (χ3v) is 3.17. The first-order chi connectivity index (χ1) is 9.19. The van der Waals surface area contributed by atoms with Gasteiger partial charge in [-0.2, -0.15) is 0 Å². The molecule has 108 valence electrons. The summed E-state index contributed by atoms with van der Waals surface area (Å²) in [5, 5.41) is 1.19. The van der Waals surface area contributed by atoms with Gasteiger partial charge in [0, 0.05) is 22.6 Å². The molecule has 0 fully saturated rings.